The maximum Gasteiger partial charge on any atom is 0.350 e. The molecule has 3 aromatic rings. The molecule has 1 saturated heterocycles. The van der Waals surface area contributed by atoms with Gasteiger partial charge < -0.3 is 5.32 Å². The summed E-state index contributed by atoms with van der Waals surface area (Å²) >= 11 is 0. The first-order valence-electron chi connectivity index (χ1n) is 10.9. The molecule has 10 heteroatoms. The predicted octanol–water partition coefficient (Wildman–Crippen LogP) is 1.88. The van der Waals surface area contributed by atoms with Crippen LogP contribution in [0.15, 0.2) is 58.4 Å². The number of amides is 1. The molecule has 0 spiro atoms. The van der Waals surface area contributed by atoms with Crippen LogP contribution in [0.1, 0.15) is 42.5 Å². The number of benzene rings is 1. The highest BCUT2D eigenvalue weighted by atomic mass is 32.2. The Morgan fingerprint density at radius 2 is 1.72 bits per heavy atom. The number of aromatic nitrogens is 3. The fourth-order valence-corrected chi connectivity index (χ4v) is 5.37. The number of sulfonamides is 1. The zero-order valence-electron chi connectivity index (χ0n) is 17.8. The number of fused-ring (bicyclic) bond motifs is 1. The summed E-state index contributed by atoms with van der Waals surface area (Å²) in [6.07, 6.45) is 6.06. The average Bonchev–Trinajstić information content (AvgIpc) is 2.98. The van der Waals surface area contributed by atoms with Crippen molar-refractivity contribution in [2.24, 2.45) is 0 Å². The maximum atomic E-state index is 12.8. The van der Waals surface area contributed by atoms with Crippen LogP contribution in [0.25, 0.3) is 5.65 Å². The molecule has 1 aliphatic rings. The van der Waals surface area contributed by atoms with Crippen LogP contribution in [0.5, 0.6) is 0 Å². The van der Waals surface area contributed by atoms with Crippen LogP contribution in [0.4, 0.5) is 0 Å². The van der Waals surface area contributed by atoms with E-state index < -0.39 is 10.0 Å². The first kappa shape index (κ1) is 22.2. The molecule has 0 atom stereocenters. The number of hydrogen-bond acceptors (Lipinski definition) is 5. The minimum Gasteiger partial charge on any atom is -0.352 e. The summed E-state index contributed by atoms with van der Waals surface area (Å²) in [5.41, 5.74) is 0.759. The molecule has 3 heterocycles. The Balaban J connectivity index is 1.31. The van der Waals surface area contributed by atoms with Gasteiger partial charge in [0.2, 0.25) is 10.0 Å². The molecule has 0 saturated carbocycles. The minimum atomic E-state index is -3.53. The highest BCUT2D eigenvalue weighted by Gasteiger charge is 2.25. The van der Waals surface area contributed by atoms with Crippen LogP contribution in [-0.2, 0) is 16.6 Å². The molecule has 1 N–H and O–H groups in total. The summed E-state index contributed by atoms with van der Waals surface area (Å²) in [7, 11) is -3.53. The topological polar surface area (TPSA) is 106 Å². The molecular formula is C22H27N5O4S. The number of hydrogen-bond donors (Lipinski definition) is 1. The Kier molecular flexibility index (Phi) is 6.71. The van der Waals surface area contributed by atoms with E-state index >= 15 is 0 Å². The standard InChI is InChI=1S/C22H27N5O4S/c28-21(23-13-7-17-27-22(29)26-16-6-3-8-20(26)24-27)18-9-11-19(12-10-18)32(30,31)25-14-4-1-2-5-15-25/h3,6,8-12,16H,1-2,4-5,7,13-15,17H2,(H,23,28). The highest BCUT2D eigenvalue weighted by Crippen LogP contribution is 2.20. The SMILES string of the molecule is O=C(NCCCn1nc2ccccn2c1=O)c1ccc(S(=O)(=O)N2CCCCCC2)cc1. The molecule has 0 unspecified atom stereocenters. The molecule has 0 bridgehead atoms. The van der Waals surface area contributed by atoms with Crippen molar-refractivity contribution in [2.45, 2.75) is 43.5 Å². The van der Waals surface area contributed by atoms with Crippen molar-refractivity contribution in [1.82, 2.24) is 23.8 Å². The van der Waals surface area contributed by atoms with Gasteiger partial charge in [0.1, 0.15) is 0 Å². The van der Waals surface area contributed by atoms with E-state index in [1.807, 2.05) is 6.07 Å². The van der Waals surface area contributed by atoms with Gasteiger partial charge in [-0.25, -0.2) is 17.9 Å². The van der Waals surface area contributed by atoms with E-state index in [0.29, 0.717) is 43.8 Å². The molecule has 170 valence electrons. The fraction of sp³-hybridized carbons (Fsp3) is 0.409. The number of carbonyl (C=O) groups excluding carboxylic acids is 1. The number of rotatable bonds is 7. The van der Waals surface area contributed by atoms with E-state index in [-0.39, 0.29) is 16.5 Å². The molecule has 1 fully saturated rings. The van der Waals surface area contributed by atoms with E-state index in [4.69, 9.17) is 0 Å². The average molecular weight is 458 g/mol. The van der Waals surface area contributed by atoms with E-state index in [2.05, 4.69) is 10.4 Å². The van der Waals surface area contributed by atoms with Gasteiger partial charge in [0.05, 0.1) is 4.90 Å². The van der Waals surface area contributed by atoms with Crippen molar-refractivity contribution in [2.75, 3.05) is 19.6 Å². The van der Waals surface area contributed by atoms with Crippen LogP contribution in [0, 0.1) is 0 Å². The van der Waals surface area contributed by atoms with Crippen LogP contribution >= 0.6 is 0 Å². The van der Waals surface area contributed by atoms with Gasteiger partial charge in [-0.3, -0.25) is 9.20 Å². The van der Waals surface area contributed by atoms with Gasteiger partial charge in [-0.05, 0) is 55.7 Å². The minimum absolute atomic E-state index is 0.210. The number of pyridine rings is 1. The highest BCUT2D eigenvalue weighted by molar-refractivity contribution is 7.89. The van der Waals surface area contributed by atoms with Gasteiger partial charge in [-0.1, -0.05) is 18.9 Å². The second-order valence-corrected chi connectivity index (χ2v) is 9.82. The lowest BCUT2D eigenvalue weighted by atomic mass is 10.2. The van der Waals surface area contributed by atoms with Crippen molar-refractivity contribution >= 4 is 21.6 Å². The van der Waals surface area contributed by atoms with Gasteiger partial charge in [0.25, 0.3) is 5.91 Å². The maximum absolute atomic E-state index is 12.8. The lowest BCUT2D eigenvalue weighted by molar-refractivity contribution is 0.0952. The number of aryl methyl sites for hydroxylation is 1. The normalized spacial score (nSPS) is 15.5. The summed E-state index contributed by atoms with van der Waals surface area (Å²) in [5.74, 6) is -0.286. The molecule has 2 aromatic heterocycles. The summed E-state index contributed by atoms with van der Waals surface area (Å²) in [6, 6.07) is 11.4. The zero-order valence-corrected chi connectivity index (χ0v) is 18.6. The van der Waals surface area contributed by atoms with Crippen LogP contribution < -0.4 is 11.0 Å². The second-order valence-electron chi connectivity index (χ2n) is 7.89. The van der Waals surface area contributed by atoms with Gasteiger partial charge >= 0.3 is 5.69 Å². The van der Waals surface area contributed by atoms with E-state index in [1.165, 1.54) is 37.7 Å². The summed E-state index contributed by atoms with van der Waals surface area (Å²) in [5, 5.41) is 7.06. The lowest BCUT2D eigenvalue weighted by Gasteiger charge is -2.20. The van der Waals surface area contributed by atoms with E-state index in [1.54, 1.807) is 18.3 Å². The van der Waals surface area contributed by atoms with Crippen molar-refractivity contribution in [1.29, 1.82) is 0 Å². The number of nitrogens with one attached hydrogen (secondary N) is 1. The van der Waals surface area contributed by atoms with Crippen molar-refractivity contribution < 1.29 is 13.2 Å². The molecule has 1 aromatic carbocycles. The Morgan fingerprint density at radius 3 is 2.41 bits per heavy atom. The Bertz CT molecular complexity index is 1240. The monoisotopic (exact) mass is 457 g/mol. The van der Waals surface area contributed by atoms with Gasteiger partial charge in [0, 0.05) is 37.9 Å². The molecular weight excluding hydrogens is 430 g/mol. The zero-order chi connectivity index (χ0) is 22.6. The number of carbonyl (C=O) groups is 1. The molecule has 1 amide bonds. The Morgan fingerprint density at radius 1 is 1.00 bits per heavy atom. The Labute approximate surface area is 186 Å². The summed E-state index contributed by atoms with van der Waals surface area (Å²) in [6.45, 7) is 1.83. The quantitative estimate of drug-likeness (QED) is 0.546. The first-order chi connectivity index (χ1) is 15.5. The van der Waals surface area contributed by atoms with Crippen molar-refractivity contribution in [3.63, 3.8) is 0 Å². The molecule has 1 aliphatic heterocycles. The first-order valence-corrected chi connectivity index (χ1v) is 12.3. The second kappa shape index (κ2) is 9.66. The van der Waals surface area contributed by atoms with Crippen molar-refractivity contribution in [3.8, 4) is 0 Å². The summed E-state index contributed by atoms with van der Waals surface area (Å²) in [4.78, 5) is 24.9. The molecule has 32 heavy (non-hydrogen) atoms. The van der Waals surface area contributed by atoms with E-state index in [9.17, 15) is 18.0 Å². The largest absolute Gasteiger partial charge is 0.352 e. The predicted molar refractivity (Wildman–Crippen MR) is 120 cm³/mol. The number of nitrogens with zero attached hydrogens (tertiary/aromatic N) is 4. The van der Waals surface area contributed by atoms with Crippen LogP contribution in [-0.4, -0.2) is 52.4 Å². The van der Waals surface area contributed by atoms with Crippen LogP contribution in [0.3, 0.4) is 0 Å². The lowest BCUT2D eigenvalue weighted by Crippen LogP contribution is -2.32. The third-order valence-electron chi connectivity index (χ3n) is 5.64. The molecule has 4 rings (SSSR count). The van der Waals surface area contributed by atoms with Crippen molar-refractivity contribution in [3.05, 3.63) is 64.7 Å². The van der Waals surface area contributed by atoms with Gasteiger partial charge in [-0.2, -0.15) is 4.31 Å². The van der Waals surface area contributed by atoms with Gasteiger partial charge in [-0.15, -0.1) is 5.10 Å². The third kappa shape index (κ3) is 4.76. The molecule has 9 nitrogen and oxygen atoms in total. The van der Waals surface area contributed by atoms with Crippen LogP contribution in [0.2, 0.25) is 0 Å². The third-order valence-corrected chi connectivity index (χ3v) is 7.55. The van der Waals surface area contributed by atoms with E-state index in [0.717, 1.165) is 25.7 Å². The van der Waals surface area contributed by atoms with Gasteiger partial charge in [0.15, 0.2) is 5.65 Å². The fourth-order valence-electron chi connectivity index (χ4n) is 3.86. The summed E-state index contributed by atoms with van der Waals surface area (Å²) < 4.78 is 30.1. The molecule has 0 radical (unpaired) electrons. The Hall–Kier alpha value is -2.98. The smallest absolute Gasteiger partial charge is 0.350 e. The molecule has 0 aliphatic carbocycles.